The summed E-state index contributed by atoms with van der Waals surface area (Å²) >= 11 is 0. The van der Waals surface area contributed by atoms with E-state index in [0.717, 1.165) is 31.5 Å². The zero-order valence-corrected chi connectivity index (χ0v) is 9.82. The van der Waals surface area contributed by atoms with E-state index in [1.165, 1.54) is 5.69 Å². The minimum absolute atomic E-state index is 0.222. The van der Waals surface area contributed by atoms with Gasteiger partial charge in [0.05, 0.1) is 0 Å². The molecule has 0 bridgehead atoms. The Kier molecular flexibility index (Phi) is 2.59. The molecule has 0 spiro atoms. The lowest BCUT2D eigenvalue weighted by atomic mass is 9.92. The van der Waals surface area contributed by atoms with Gasteiger partial charge < -0.3 is 9.67 Å². The van der Waals surface area contributed by atoms with E-state index >= 15 is 0 Å². The Labute approximate surface area is 91.1 Å². The van der Waals surface area contributed by atoms with Crippen molar-refractivity contribution < 1.29 is 5.11 Å². The van der Waals surface area contributed by atoms with Crippen molar-refractivity contribution in [2.24, 2.45) is 5.41 Å². The smallest absolute Gasteiger partial charge is 0.132 e. The Bertz CT molecular complexity index is 349. The van der Waals surface area contributed by atoms with Crippen molar-refractivity contribution in [3.8, 4) is 0 Å². The summed E-state index contributed by atoms with van der Waals surface area (Å²) in [5.41, 5.74) is 1.41. The van der Waals surface area contributed by atoms with Gasteiger partial charge in [0, 0.05) is 18.3 Å². The molecule has 1 aromatic rings. The molecule has 1 aromatic heterocycles. The Morgan fingerprint density at radius 2 is 2.27 bits per heavy atom. The lowest BCUT2D eigenvalue weighted by Crippen LogP contribution is -2.22. The third-order valence-corrected chi connectivity index (χ3v) is 2.83. The van der Waals surface area contributed by atoms with Crippen molar-refractivity contribution >= 4 is 0 Å². The number of rotatable bonds is 1. The molecular formula is C12H20N2O. The first-order chi connectivity index (χ1) is 6.97. The largest absolute Gasteiger partial charge is 0.373 e. The van der Waals surface area contributed by atoms with Crippen LogP contribution in [0.1, 0.15) is 51.4 Å². The molecule has 0 radical (unpaired) electrons. The molecule has 1 atom stereocenters. The summed E-state index contributed by atoms with van der Waals surface area (Å²) < 4.78 is 2.02. The minimum Gasteiger partial charge on any atom is -0.373 e. The van der Waals surface area contributed by atoms with Gasteiger partial charge in [-0.25, -0.2) is 4.98 Å². The molecule has 0 saturated carbocycles. The predicted molar refractivity (Wildman–Crippen MR) is 59.6 cm³/mol. The van der Waals surface area contributed by atoms with Crippen LogP contribution < -0.4 is 0 Å². The number of aliphatic hydroxyl groups excluding tert-OH is 1. The summed E-state index contributed by atoms with van der Waals surface area (Å²) in [4.78, 5) is 4.44. The third-order valence-electron chi connectivity index (χ3n) is 2.83. The summed E-state index contributed by atoms with van der Waals surface area (Å²) in [6.07, 6.45) is 5.47. The van der Waals surface area contributed by atoms with Gasteiger partial charge in [-0.05, 0) is 24.7 Å². The molecule has 1 N–H and O–H groups in total. The van der Waals surface area contributed by atoms with Crippen LogP contribution in [-0.4, -0.2) is 14.7 Å². The predicted octanol–water partition coefficient (Wildman–Crippen LogP) is 2.30. The molecule has 0 aliphatic carbocycles. The Balaban J connectivity index is 2.30. The van der Waals surface area contributed by atoms with Crippen molar-refractivity contribution in [2.45, 2.75) is 52.7 Å². The first-order valence-electron chi connectivity index (χ1n) is 5.70. The Hall–Kier alpha value is -0.830. The van der Waals surface area contributed by atoms with Crippen molar-refractivity contribution in [3.63, 3.8) is 0 Å². The van der Waals surface area contributed by atoms with Gasteiger partial charge in [0.25, 0.3) is 0 Å². The van der Waals surface area contributed by atoms with Crippen LogP contribution in [0.5, 0.6) is 0 Å². The fraction of sp³-hybridized carbons (Fsp3) is 0.750. The molecule has 3 nitrogen and oxygen atoms in total. The summed E-state index contributed by atoms with van der Waals surface area (Å²) in [5.74, 6) is 1.03. The molecule has 1 aliphatic heterocycles. The van der Waals surface area contributed by atoms with Crippen LogP contribution in [0, 0.1) is 5.41 Å². The highest BCUT2D eigenvalue weighted by atomic mass is 16.3. The molecule has 2 rings (SSSR count). The van der Waals surface area contributed by atoms with Crippen LogP contribution in [0.4, 0.5) is 0 Å². The number of nitrogens with zero attached hydrogens (tertiary/aromatic N) is 2. The van der Waals surface area contributed by atoms with E-state index in [2.05, 4.69) is 25.8 Å². The molecule has 2 heterocycles. The van der Waals surface area contributed by atoms with Gasteiger partial charge in [-0.3, -0.25) is 0 Å². The first kappa shape index (κ1) is 10.7. The first-order valence-corrected chi connectivity index (χ1v) is 5.70. The van der Waals surface area contributed by atoms with Gasteiger partial charge in [-0.2, -0.15) is 0 Å². The quantitative estimate of drug-likeness (QED) is 0.769. The van der Waals surface area contributed by atoms with Crippen LogP contribution in [-0.2, 0) is 12.8 Å². The third kappa shape index (κ3) is 2.23. The second-order valence-corrected chi connectivity index (χ2v) is 5.65. The molecule has 0 fully saturated rings. The summed E-state index contributed by atoms with van der Waals surface area (Å²) in [5, 5.41) is 9.95. The second kappa shape index (κ2) is 3.63. The molecule has 1 aliphatic rings. The maximum absolute atomic E-state index is 9.95. The summed E-state index contributed by atoms with van der Waals surface area (Å²) in [7, 11) is 0. The molecule has 0 aromatic carbocycles. The number of aryl methyl sites for hydroxylation is 1. The van der Waals surface area contributed by atoms with E-state index < -0.39 is 0 Å². The maximum atomic E-state index is 9.95. The van der Waals surface area contributed by atoms with Crippen LogP contribution in [0.3, 0.4) is 0 Å². The van der Waals surface area contributed by atoms with Crippen LogP contribution in [0.25, 0.3) is 0 Å². The number of fused-ring (bicyclic) bond motifs is 1. The zero-order valence-electron chi connectivity index (χ0n) is 9.82. The van der Waals surface area contributed by atoms with Crippen LogP contribution in [0.15, 0.2) is 6.20 Å². The van der Waals surface area contributed by atoms with Crippen molar-refractivity contribution in [1.29, 1.82) is 0 Å². The average Bonchev–Trinajstić information content (AvgIpc) is 2.47. The molecule has 0 saturated heterocycles. The number of imidazole rings is 1. The van der Waals surface area contributed by atoms with Gasteiger partial charge in [0.1, 0.15) is 12.1 Å². The topological polar surface area (TPSA) is 38.0 Å². The van der Waals surface area contributed by atoms with E-state index in [1.54, 1.807) is 0 Å². The second-order valence-electron chi connectivity index (χ2n) is 5.65. The molecule has 0 amide bonds. The highest BCUT2D eigenvalue weighted by molar-refractivity contribution is 5.10. The SMILES string of the molecule is CC(C)(C)Cc1ncc2n1C(O)CCC2. The van der Waals surface area contributed by atoms with Gasteiger partial charge in [-0.1, -0.05) is 20.8 Å². The monoisotopic (exact) mass is 208 g/mol. The van der Waals surface area contributed by atoms with E-state index in [1.807, 2.05) is 10.8 Å². The molecule has 3 heteroatoms. The number of aliphatic hydroxyl groups is 1. The Morgan fingerprint density at radius 3 is 2.93 bits per heavy atom. The normalized spacial score (nSPS) is 21.5. The average molecular weight is 208 g/mol. The highest BCUT2D eigenvalue weighted by Crippen LogP contribution is 2.28. The van der Waals surface area contributed by atoms with Gasteiger partial charge in [0.2, 0.25) is 0 Å². The van der Waals surface area contributed by atoms with Crippen molar-refractivity contribution in [1.82, 2.24) is 9.55 Å². The van der Waals surface area contributed by atoms with Crippen LogP contribution in [0.2, 0.25) is 0 Å². The van der Waals surface area contributed by atoms with E-state index in [9.17, 15) is 5.11 Å². The van der Waals surface area contributed by atoms with Gasteiger partial charge in [0.15, 0.2) is 0 Å². The molecule has 84 valence electrons. The Morgan fingerprint density at radius 1 is 1.53 bits per heavy atom. The molecule has 1 unspecified atom stereocenters. The maximum Gasteiger partial charge on any atom is 0.132 e. The van der Waals surface area contributed by atoms with E-state index in [-0.39, 0.29) is 11.6 Å². The van der Waals surface area contributed by atoms with E-state index in [0.29, 0.717) is 0 Å². The fourth-order valence-electron chi connectivity index (χ4n) is 2.19. The number of hydrogen-bond acceptors (Lipinski definition) is 2. The van der Waals surface area contributed by atoms with Crippen molar-refractivity contribution in [2.75, 3.05) is 0 Å². The zero-order chi connectivity index (χ0) is 11.1. The highest BCUT2D eigenvalue weighted by Gasteiger charge is 2.23. The van der Waals surface area contributed by atoms with Crippen molar-refractivity contribution in [3.05, 3.63) is 17.7 Å². The minimum atomic E-state index is -0.353. The van der Waals surface area contributed by atoms with Gasteiger partial charge >= 0.3 is 0 Å². The lowest BCUT2D eigenvalue weighted by Gasteiger charge is -2.25. The fourth-order valence-corrected chi connectivity index (χ4v) is 2.19. The van der Waals surface area contributed by atoms with E-state index in [4.69, 9.17) is 0 Å². The summed E-state index contributed by atoms with van der Waals surface area (Å²) in [6.45, 7) is 6.59. The number of hydrogen-bond donors (Lipinski definition) is 1. The standard InChI is InChI=1S/C12H20N2O/c1-12(2,3)7-10-13-8-9-5-4-6-11(15)14(9)10/h8,11,15H,4-7H2,1-3H3. The van der Waals surface area contributed by atoms with Crippen LogP contribution >= 0.6 is 0 Å². The number of aromatic nitrogens is 2. The van der Waals surface area contributed by atoms with Gasteiger partial charge in [-0.15, -0.1) is 0 Å². The summed E-state index contributed by atoms with van der Waals surface area (Å²) in [6, 6.07) is 0. The molecule has 15 heavy (non-hydrogen) atoms. The molecular weight excluding hydrogens is 188 g/mol. The lowest BCUT2D eigenvalue weighted by molar-refractivity contribution is 0.0744.